The molecule has 0 fully saturated rings. The van der Waals surface area contributed by atoms with Gasteiger partial charge in [0.1, 0.15) is 17.1 Å². The van der Waals surface area contributed by atoms with Crippen LogP contribution in [-0.4, -0.2) is 38.0 Å². The van der Waals surface area contributed by atoms with Crippen molar-refractivity contribution in [3.05, 3.63) is 23.4 Å². The number of nitrogens with one attached hydrogen (secondary N) is 1. The van der Waals surface area contributed by atoms with Gasteiger partial charge < -0.3 is 15.2 Å². The lowest BCUT2D eigenvalue weighted by molar-refractivity contribution is 0.0684. The Labute approximate surface area is 140 Å². The van der Waals surface area contributed by atoms with E-state index in [1.165, 1.54) is 0 Å². The van der Waals surface area contributed by atoms with Crippen molar-refractivity contribution in [2.24, 2.45) is 0 Å². The van der Waals surface area contributed by atoms with Crippen molar-refractivity contribution in [1.82, 2.24) is 14.8 Å². The fourth-order valence-corrected chi connectivity index (χ4v) is 2.84. The standard InChI is InChI=1S/C17H22N4O3/c1-9(2)18-13-6-5-12(11(4)19-13)15-14(17(22)23)16-21(20-15)8-7-10(3)24-16/h5-6,9-10H,7-8H2,1-4H3,(H,18,19)(H,22,23)/t10-/m1/s1. The number of aromatic nitrogens is 3. The molecule has 0 bridgehead atoms. The Morgan fingerprint density at radius 1 is 1.46 bits per heavy atom. The molecule has 128 valence electrons. The molecule has 0 amide bonds. The fraction of sp³-hybridized carbons (Fsp3) is 0.471. The highest BCUT2D eigenvalue weighted by molar-refractivity contribution is 5.97. The van der Waals surface area contributed by atoms with E-state index in [1.807, 2.05) is 39.8 Å². The van der Waals surface area contributed by atoms with E-state index in [0.717, 1.165) is 17.9 Å². The number of carboxylic acid groups (broad SMARTS) is 1. The smallest absolute Gasteiger partial charge is 0.343 e. The third kappa shape index (κ3) is 2.93. The number of rotatable bonds is 4. The molecule has 3 heterocycles. The summed E-state index contributed by atoms with van der Waals surface area (Å²) < 4.78 is 7.37. The summed E-state index contributed by atoms with van der Waals surface area (Å²) in [6.45, 7) is 8.51. The molecule has 0 unspecified atom stereocenters. The molecule has 2 N–H and O–H groups in total. The van der Waals surface area contributed by atoms with E-state index in [0.29, 0.717) is 23.7 Å². The summed E-state index contributed by atoms with van der Waals surface area (Å²) in [6.07, 6.45) is 0.791. The Kier molecular flexibility index (Phi) is 4.17. The summed E-state index contributed by atoms with van der Waals surface area (Å²) in [5.41, 5.74) is 1.95. The summed E-state index contributed by atoms with van der Waals surface area (Å²) >= 11 is 0. The van der Waals surface area contributed by atoms with Crippen LogP contribution in [0.5, 0.6) is 5.88 Å². The number of fused-ring (bicyclic) bond motifs is 1. The Morgan fingerprint density at radius 3 is 2.83 bits per heavy atom. The van der Waals surface area contributed by atoms with Crippen LogP contribution in [0.25, 0.3) is 11.3 Å². The average Bonchev–Trinajstić information content (AvgIpc) is 2.84. The molecule has 3 rings (SSSR count). The molecule has 0 aromatic carbocycles. The summed E-state index contributed by atoms with van der Waals surface area (Å²) in [7, 11) is 0. The van der Waals surface area contributed by atoms with E-state index < -0.39 is 5.97 Å². The highest BCUT2D eigenvalue weighted by Gasteiger charge is 2.30. The summed E-state index contributed by atoms with van der Waals surface area (Å²) in [5, 5.41) is 17.4. The van der Waals surface area contributed by atoms with Crippen molar-refractivity contribution in [3.8, 4) is 17.1 Å². The van der Waals surface area contributed by atoms with Crippen molar-refractivity contribution in [2.45, 2.75) is 52.8 Å². The van der Waals surface area contributed by atoms with Crippen LogP contribution in [0.4, 0.5) is 5.82 Å². The zero-order valence-electron chi connectivity index (χ0n) is 14.3. The second-order valence-electron chi connectivity index (χ2n) is 6.40. The van der Waals surface area contributed by atoms with Gasteiger partial charge in [0.15, 0.2) is 0 Å². The van der Waals surface area contributed by atoms with Gasteiger partial charge in [0.25, 0.3) is 0 Å². The van der Waals surface area contributed by atoms with E-state index in [2.05, 4.69) is 15.4 Å². The van der Waals surface area contributed by atoms with Gasteiger partial charge in [-0.05, 0) is 39.8 Å². The maximum absolute atomic E-state index is 11.8. The first-order valence-electron chi connectivity index (χ1n) is 8.12. The summed E-state index contributed by atoms with van der Waals surface area (Å²) in [5.74, 6) is 0.0566. The molecule has 0 saturated carbocycles. The van der Waals surface area contributed by atoms with E-state index in [1.54, 1.807) is 4.68 Å². The molecular formula is C17H22N4O3. The Hall–Kier alpha value is -2.57. The Morgan fingerprint density at radius 2 is 2.21 bits per heavy atom. The van der Waals surface area contributed by atoms with Crippen LogP contribution in [0.2, 0.25) is 0 Å². The molecule has 0 aliphatic carbocycles. The van der Waals surface area contributed by atoms with Crippen LogP contribution in [0.3, 0.4) is 0 Å². The number of anilines is 1. The third-order valence-electron chi connectivity index (χ3n) is 3.96. The molecule has 0 saturated heterocycles. The van der Waals surface area contributed by atoms with Gasteiger partial charge in [-0.15, -0.1) is 0 Å². The predicted molar refractivity (Wildman–Crippen MR) is 90.6 cm³/mol. The SMILES string of the molecule is Cc1nc(NC(C)C)ccc1-c1nn2c(c1C(=O)O)O[C@H](C)CC2. The Balaban J connectivity index is 2.08. The summed E-state index contributed by atoms with van der Waals surface area (Å²) in [4.78, 5) is 16.3. The third-order valence-corrected chi connectivity index (χ3v) is 3.96. The minimum atomic E-state index is -1.04. The number of hydrogen-bond acceptors (Lipinski definition) is 5. The monoisotopic (exact) mass is 330 g/mol. The van der Waals surface area contributed by atoms with Gasteiger partial charge in [-0.1, -0.05) is 0 Å². The highest BCUT2D eigenvalue weighted by Crippen LogP contribution is 2.35. The van der Waals surface area contributed by atoms with Crippen molar-refractivity contribution < 1.29 is 14.6 Å². The van der Waals surface area contributed by atoms with E-state index in [-0.39, 0.29) is 17.7 Å². The second-order valence-corrected chi connectivity index (χ2v) is 6.40. The van der Waals surface area contributed by atoms with Gasteiger partial charge >= 0.3 is 5.97 Å². The van der Waals surface area contributed by atoms with Crippen LogP contribution in [0, 0.1) is 6.92 Å². The number of nitrogens with zero attached hydrogens (tertiary/aromatic N) is 3. The lowest BCUT2D eigenvalue weighted by atomic mass is 10.1. The van der Waals surface area contributed by atoms with E-state index in [4.69, 9.17) is 4.74 Å². The van der Waals surface area contributed by atoms with Crippen molar-refractivity contribution in [2.75, 3.05) is 5.32 Å². The predicted octanol–water partition coefficient (Wildman–Crippen LogP) is 2.94. The first-order chi connectivity index (χ1) is 11.4. The van der Waals surface area contributed by atoms with Gasteiger partial charge in [-0.3, -0.25) is 0 Å². The number of hydrogen-bond donors (Lipinski definition) is 2. The molecule has 1 aliphatic rings. The highest BCUT2D eigenvalue weighted by atomic mass is 16.5. The number of aryl methyl sites for hydroxylation is 2. The first-order valence-corrected chi connectivity index (χ1v) is 8.12. The maximum atomic E-state index is 11.8. The number of aromatic carboxylic acids is 1. The fourth-order valence-electron chi connectivity index (χ4n) is 2.84. The average molecular weight is 330 g/mol. The van der Waals surface area contributed by atoms with Crippen LogP contribution in [0.15, 0.2) is 12.1 Å². The van der Waals surface area contributed by atoms with E-state index in [9.17, 15) is 9.90 Å². The van der Waals surface area contributed by atoms with Crippen LogP contribution < -0.4 is 10.1 Å². The molecule has 0 spiro atoms. The molecule has 0 radical (unpaired) electrons. The molecule has 7 heteroatoms. The topological polar surface area (TPSA) is 89.3 Å². The van der Waals surface area contributed by atoms with Gasteiger partial charge in [0.05, 0.1) is 6.10 Å². The molecule has 2 aromatic rings. The number of carboxylic acids is 1. The summed E-state index contributed by atoms with van der Waals surface area (Å²) in [6, 6.07) is 3.97. The minimum absolute atomic E-state index is 0.0167. The van der Waals surface area contributed by atoms with Crippen LogP contribution >= 0.6 is 0 Å². The largest absolute Gasteiger partial charge is 0.477 e. The van der Waals surface area contributed by atoms with Gasteiger partial charge in [0, 0.05) is 30.3 Å². The Bertz CT molecular complexity index is 782. The van der Waals surface area contributed by atoms with Crippen LogP contribution in [-0.2, 0) is 6.54 Å². The quantitative estimate of drug-likeness (QED) is 0.896. The number of carbonyl (C=O) groups is 1. The lowest BCUT2D eigenvalue weighted by Crippen LogP contribution is -2.24. The van der Waals surface area contributed by atoms with E-state index >= 15 is 0 Å². The molecular weight excluding hydrogens is 308 g/mol. The molecule has 24 heavy (non-hydrogen) atoms. The van der Waals surface area contributed by atoms with Gasteiger partial charge in [-0.2, -0.15) is 5.10 Å². The molecule has 7 nitrogen and oxygen atoms in total. The minimum Gasteiger partial charge on any atom is -0.477 e. The molecule has 1 atom stereocenters. The van der Waals surface area contributed by atoms with Gasteiger partial charge in [-0.25, -0.2) is 14.5 Å². The zero-order valence-corrected chi connectivity index (χ0v) is 14.3. The van der Waals surface area contributed by atoms with Crippen molar-refractivity contribution in [3.63, 3.8) is 0 Å². The zero-order chi connectivity index (χ0) is 17.4. The second kappa shape index (κ2) is 6.14. The molecule has 2 aromatic heterocycles. The van der Waals surface area contributed by atoms with Crippen molar-refractivity contribution >= 4 is 11.8 Å². The van der Waals surface area contributed by atoms with Crippen molar-refractivity contribution in [1.29, 1.82) is 0 Å². The number of pyridine rings is 1. The maximum Gasteiger partial charge on any atom is 0.343 e. The number of ether oxygens (including phenoxy) is 1. The van der Waals surface area contributed by atoms with Crippen LogP contribution in [0.1, 0.15) is 43.2 Å². The normalized spacial score (nSPS) is 16.6. The molecule has 1 aliphatic heterocycles. The van der Waals surface area contributed by atoms with Gasteiger partial charge in [0.2, 0.25) is 5.88 Å². The lowest BCUT2D eigenvalue weighted by Gasteiger charge is -2.21. The first kappa shape index (κ1) is 16.3.